The Labute approximate surface area is 85.4 Å². The van der Waals surface area contributed by atoms with Crippen molar-refractivity contribution < 1.29 is 4.74 Å². The number of rotatable bonds is 2. The second-order valence-corrected chi connectivity index (χ2v) is 3.44. The summed E-state index contributed by atoms with van der Waals surface area (Å²) in [6, 6.07) is 1.95. The Morgan fingerprint density at radius 1 is 1.50 bits per heavy atom. The zero-order valence-electron chi connectivity index (χ0n) is 7.60. The van der Waals surface area contributed by atoms with Gasteiger partial charge in [-0.05, 0) is 11.4 Å². The molecule has 2 aromatic heterocycles. The van der Waals surface area contributed by atoms with Crippen molar-refractivity contribution in [3.63, 3.8) is 0 Å². The second kappa shape index (κ2) is 3.63. The molecule has 2 aromatic rings. The van der Waals surface area contributed by atoms with Gasteiger partial charge in [-0.3, -0.25) is 0 Å². The lowest BCUT2D eigenvalue weighted by molar-refractivity contribution is 0.413. The van der Waals surface area contributed by atoms with Gasteiger partial charge in [0.05, 0.1) is 13.3 Å². The van der Waals surface area contributed by atoms with Crippen LogP contribution in [0.4, 0.5) is 5.82 Å². The number of ether oxygens (including phenoxy) is 1. The molecule has 0 amide bonds. The molecule has 0 spiro atoms. The lowest BCUT2D eigenvalue weighted by atomic mass is 10.3. The Kier molecular flexibility index (Phi) is 2.32. The van der Waals surface area contributed by atoms with Crippen LogP contribution in [0.5, 0.6) is 5.75 Å². The summed E-state index contributed by atoms with van der Waals surface area (Å²) in [5.74, 6) is 1.50. The molecule has 0 fully saturated rings. The van der Waals surface area contributed by atoms with E-state index in [2.05, 4.69) is 9.97 Å². The fraction of sp³-hybridized carbons (Fsp3) is 0.111. The molecule has 0 radical (unpaired) electrons. The van der Waals surface area contributed by atoms with Crippen molar-refractivity contribution in [2.45, 2.75) is 0 Å². The van der Waals surface area contributed by atoms with Crippen molar-refractivity contribution in [3.8, 4) is 17.1 Å². The number of hydrogen-bond donors (Lipinski definition) is 1. The highest BCUT2D eigenvalue weighted by Crippen LogP contribution is 2.23. The zero-order valence-corrected chi connectivity index (χ0v) is 8.41. The normalized spacial score (nSPS) is 10.1. The highest BCUT2D eigenvalue weighted by atomic mass is 32.1. The quantitative estimate of drug-likeness (QED) is 0.815. The molecule has 2 rings (SSSR count). The number of nitrogens with two attached hydrogens (primary N) is 1. The predicted molar refractivity (Wildman–Crippen MR) is 56.3 cm³/mol. The summed E-state index contributed by atoms with van der Waals surface area (Å²) in [5, 5.41) is 3.94. The number of methoxy groups -OCH3 is 1. The number of nitrogen functional groups attached to an aromatic ring is 1. The Bertz CT molecular complexity index is 428. The van der Waals surface area contributed by atoms with Gasteiger partial charge in [-0.2, -0.15) is 11.3 Å². The monoisotopic (exact) mass is 207 g/mol. The molecule has 14 heavy (non-hydrogen) atoms. The highest BCUT2D eigenvalue weighted by Gasteiger charge is 2.05. The van der Waals surface area contributed by atoms with Crippen molar-refractivity contribution in [1.82, 2.24) is 9.97 Å². The van der Waals surface area contributed by atoms with E-state index in [-0.39, 0.29) is 0 Å². The summed E-state index contributed by atoms with van der Waals surface area (Å²) >= 11 is 1.60. The van der Waals surface area contributed by atoms with E-state index in [0.29, 0.717) is 17.4 Å². The first kappa shape index (κ1) is 8.96. The number of thiophene rings is 1. The first-order valence-electron chi connectivity index (χ1n) is 4.00. The Morgan fingerprint density at radius 2 is 2.36 bits per heavy atom. The Balaban J connectivity index is 2.43. The summed E-state index contributed by atoms with van der Waals surface area (Å²) in [4.78, 5) is 8.28. The van der Waals surface area contributed by atoms with Crippen LogP contribution in [0, 0.1) is 0 Å². The van der Waals surface area contributed by atoms with Crippen LogP contribution in [0.2, 0.25) is 0 Å². The Hall–Kier alpha value is -1.62. The molecule has 2 heterocycles. The molecule has 72 valence electrons. The molecule has 0 saturated heterocycles. The standard InChI is InChI=1S/C9H9N3OS/c1-13-7-4-11-9(12-8(7)10)6-2-3-14-5-6/h2-5H,1H3,(H2,10,11,12). The zero-order chi connectivity index (χ0) is 9.97. The number of anilines is 1. The third-order valence-corrected chi connectivity index (χ3v) is 2.47. The van der Waals surface area contributed by atoms with Crippen LogP contribution in [-0.2, 0) is 0 Å². The van der Waals surface area contributed by atoms with E-state index in [1.54, 1.807) is 24.6 Å². The molecule has 0 aliphatic rings. The van der Waals surface area contributed by atoms with Gasteiger partial charge in [0, 0.05) is 10.9 Å². The van der Waals surface area contributed by atoms with E-state index >= 15 is 0 Å². The fourth-order valence-electron chi connectivity index (χ4n) is 1.07. The van der Waals surface area contributed by atoms with Crippen molar-refractivity contribution in [3.05, 3.63) is 23.0 Å². The van der Waals surface area contributed by atoms with E-state index < -0.39 is 0 Å². The highest BCUT2D eigenvalue weighted by molar-refractivity contribution is 7.08. The van der Waals surface area contributed by atoms with Crippen molar-refractivity contribution in [2.75, 3.05) is 12.8 Å². The molecule has 0 atom stereocenters. The summed E-state index contributed by atoms with van der Waals surface area (Å²) in [6.07, 6.45) is 1.58. The molecule has 4 nitrogen and oxygen atoms in total. The van der Waals surface area contributed by atoms with Crippen molar-refractivity contribution >= 4 is 17.2 Å². The van der Waals surface area contributed by atoms with Crippen LogP contribution < -0.4 is 10.5 Å². The minimum Gasteiger partial charge on any atom is -0.491 e. The fourth-order valence-corrected chi connectivity index (χ4v) is 1.71. The van der Waals surface area contributed by atoms with Gasteiger partial charge in [0.2, 0.25) is 0 Å². The van der Waals surface area contributed by atoms with E-state index in [0.717, 1.165) is 5.56 Å². The SMILES string of the molecule is COc1cnc(-c2ccsc2)nc1N. The summed E-state index contributed by atoms with van der Waals surface area (Å²) in [7, 11) is 1.54. The molecule has 0 unspecified atom stereocenters. The maximum atomic E-state index is 5.67. The molecule has 0 saturated carbocycles. The lowest BCUT2D eigenvalue weighted by Gasteiger charge is -2.03. The summed E-state index contributed by atoms with van der Waals surface area (Å²) < 4.78 is 4.97. The topological polar surface area (TPSA) is 61.0 Å². The van der Waals surface area contributed by atoms with Crippen LogP contribution in [0.25, 0.3) is 11.4 Å². The number of hydrogen-bond acceptors (Lipinski definition) is 5. The maximum absolute atomic E-state index is 5.67. The van der Waals surface area contributed by atoms with Crippen LogP contribution in [0.15, 0.2) is 23.0 Å². The van der Waals surface area contributed by atoms with Gasteiger partial charge in [-0.25, -0.2) is 9.97 Å². The molecule has 2 N–H and O–H groups in total. The number of nitrogens with zero attached hydrogens (tertiary/aromatic N) is 2. The van der Waals surface area contributed by atoms with Gasteiger partial charge >= 0.3 is 0 Å². The molecule has 0 bridgehead atoms. The largest absolute Gasteiger partial charge is 0.491 e. The second-order valence-electron chi connectivity index (χ2n) is 2.66. The molecule has 0 aromatic carbocycles. The van der Waals surface area contributed by atoms with Gasteiger partial charge in [0.1, 0.15) is 0 Å². The van der Waals surface area contributed by atoms with Gasteiger partial charge in [0.15, 0.2) is 17.4 Å². The predicted octanol–water partition coefficient (Wildman–Crippen LogP) is 1.80. The molecule has 0 aliphatic carbocycles. The van der Waals surface area contributed by atoms with E-state index in [1.807, 2.05) is 16.8 Å². The van der Waals surface area contributed by atoms with Gasteiger partial charge in [-0.15, -0.1) is 0 Å². The first-order valence-corrected chi connectivity index (χ1v) is 4.94. The van der Waals surface area contributed by atoms with Gasteiger partial charge in [0.25, 0.3) is 0 Å². The average Bonchev–Trinajstić information content (AvgIpc) is 2.70. The van der Waals surface area contributed by atoms with E-state index in [1.165, 1.54) is 0 Å². The van der Waals surface area contributed by atoms with Crippen LogP contribution >= 0.6 is 11.3 Å². The van der Waals surface area contributed by atoms with Crippen LogP contribution in [0.1, 0.15) is 0 Å². The minimum atomic E-state index is 0.365. The molecule has 0 aliphatic heterocycles. The smallest absolute Gasteiger partial charge is 0.179 e. The van der Waals surface area contributed by atoms with Gasteiger partial charge in [-0.1, -0.05) is 0 Å². The average molecular weight is 207 g/mol. The van der Waals surface area contributed by atoms with Gasteiger partial charge < -0.3 is 10.5 Å². The van der Waals surface area contributed by atoms with E-state index in [4.69, 9.17) is 10.5 Å². The third-order valence-electron chi connectivity index (χ3n) is 1.78. The molecular formula is C9H9N3OS. The Morgan fingerprint density at radius 3 is 2.93 bits per heavy atom. The lowest BCUT2D eigenvalue weighted by Crippen LogP contribution is -1.98. The van der Waals surface area contributed by atoms with Crippen molar-refractivity contribution in [1.29, 1.82) is 0 Å². The van der Waals surface area contributed by atoms with Crippen LogP contribution in [-0.4, -0.2) is 17.1 Å². The summed E-state index contributed by atoms with van der Waals surface area (Å²) in [6.45, 7) is 0. The molecule has 5 heteroatoms. The maximum Gasteiger partial charge on any atom is 0.179 e. The number of aromatic nitrogens is 2. The minimum absolute atomic E-state index is 0.365. The van der Waals surface area contributed by atoms with Crippen molar-refractivity contribution in [2.24, 2.45) is 0 Å². The third kappa shape index (κ3) is 1.54. The van der Waals surface area contributed by atoms with Crippen LogP contribution in [0.3, 0.4) is 0 Å². The summed E-state index contributed by atoms with van der Waals surface area (Å²) in [5.41, 5.74) is 6.64. The molecular weight excluding hydrogens is 198 g/mol. The first-order chi connectivity index (χ1) is 6.81. The van der Waals surface area contributed by atoms with E-state index in [9.17, 15) is 0 Å².